The van der Waals surface area contributed by atoms with E-state index >= 15 is 0 Å². The van der Waals surface area contributed by atoms with Crippen molar-refractivity contribution in [3.05, 3.63) is 360 Å². The third-order valence-corrected chi connectivity index (χ3v) is 22.6. The average molecular weight is 1530 g/mol. The fraction of sp³-hybridized carbons (Fsp3) is 0.154. The minimum atomic E-state index is -0.491. The van der Waals surface area contributed by atoms with Crippen LogP contribution in [0.5, 0.6) is 46.0 Å². The van der Waals surface area contributed by atoms with Gasteiger partial charge in [0.1, 0.15) is 46.0 Å². The zero-order valence-electron chi connectivity index (χ0n) is 65.4. The van der Waals surface area contributed by atoms with Crippen molar-refractivity contribution < 1.29 is 39.4 Å². The molecule has 17 rings (SSSR count). The Hall–Kier alpha value is -13.2. The highest BCUT2D eigenvalue weighted by molar-refractivity contribution is 6.13. The second-order valence-electron chi connectivity index (χ2n) is 29.7. The molecule has 0 aliphatic carbocycles. The molecule has 0 fully saturated rings. The quantitative estimate of drug-likeness (QED) is 0.0462. The zero-order valence-corrected chi connectivity index (χ0v) is 65.4. The molecule has 1 heterocycles. The van der Waals surface area contributed by atoms with E-state index in [1.54, 1.807) is 0 Å². The molecule has 0 saturated heterocycles. The molecule has 0 amide bonds. The third kappa shape index (κ3) is 15.5. The van der Waals surface area contributed by atoms with Crippen LogP contribution in [0.1, 0.15) is 96.4 Å². The lowest BCUT2D eigenvalue weighted by Gasteiger charge is -2.31. The van der Waals surface area contributed by atoms with Gasteiger partial charge in [0.25, 0.3) is 0 Å². The summed E-state index contributed by atoms with van der Waals surface area (Å²) in [5.41, 5.74) is 16.0. The first-order valence-corrected chi connectivity index (χ1v) is 40.2. The second-order valence-corrected chi connectivity index (χ2v) is 29.7. The first kappa shape index (κ1) is 75.5. The van der Waals surface area contributed by atoms with Crippen molar-refractivity contribution >= 4 is 43.1 Å². The van der Waals surface area contributed by atoms with Gasteiger partial charge in [-0.15, -0.1) is 0 Å². The summed E-state index contributed by atoms with van der Waals surface area (Å²) < 4.78 is 23.7. The smallest absolute Gasteiger partial charge is 0.128 e. The summed E-state index contributed by atoms with van der Waals surface area (Å²) in [5, 5.41) is 78.0. The number of benzene rings is 16. The summed E-state index contributed by atoms with van der Waals surface area (Å²) in [6.45, 7) is 10.7. The first-order valence-electron chi connectivity index (χ1n) is 40.2. The number of phenols is 4. The van der Waals surface area contributed by atoms with E-state index in [1.807, 2.05) is 149 Å². The summed E-state index contributed by atoms with van der Waals surface area (Å²) in [5.74, 6) is 3.18. The van der Waals surface area contributed by atoms with Gasteiger partial charge in [-0.25, -0.2) is 0 Å². The maximum absolute atomic E-state index is 13.9. The molecule has 12 nitrogen and oxygen atoms in total. The monoisotopic (exact) mass is 1520 g/mol. The molecule has 16 aromatic rings. The molecular formula is C104H92N4O8. The van der Waals surface area contributed by atoms with Crippen LogP contribution in [0.25, 0.3) is 110 Å². The predicted octanol–water partition coefficient (Wildman–Crippen LogP) is 23.8. The molecule has 0 unspecified atom stereocenters. The molecule has 8 N–H and O–H groups in total. The van der Waals surface area contributed by atoms with Crippen LogP contribution in [0.3, 0.4) is 0 Å². The van der Waals surface area contributed by atoms with Gasteiger partial charge in [-0.2, -0.15) is 0 Å². The minimum absolute atomic E-state index is 0.0155. The van der Waals surface area contributed by atoms with Gasteiger partial charge in [0, 0.05) is 70.7 Å². The van der Waals surface area contributed by atoms with Gasteiger partial charge in [-0.3, -0.25) is 0 Å². The van der Waals surface area contributed by atoms with E-state index in [1.165, 1.54) is 0 Å². The van der Waals surface area contributed by atoms with Crippen LogP contribution in [-0.2, 0) is 26.2 Å². The van der Waals surface area contributed by atoms with E-state index in [4.69, 9.17) is 18.9 Å². The number of aromatic hydroxyl groups is 4. The Morgan fingerprint density at radius 3 is 0.612 bits per heavy atom. The SMILES string of the molecule is CCOc1ccc(-c2ccc3c4c(O)c(cc3c2)CN[C@H](c2ccccc2)[C@@H](c2ccccc2)NCc2cc3cc(-c5ccc(OCC)cc5)ccc3c(c2O)-c2c(O)c(cc3cc(-c5ccc(OCC)cc5)ccc23)CN[C@H](c2ccccc2)[C@@H](c2ccccc2)NCc2cc3cc(-c5ccc(OCC)cc5)ccc3c-4c2O)cc1. The highest BCUT2D eigenvalue weighted by Crippen LogP contribution is 2.52. The van der Waals surface area contributed by atoms with Crippen molar-refractivity contribution in [3.63, 3.8) is 0 Å². The van der Waals surface area contributed by atoms with Crippen LogP contribution in [-0.4, -0.2) is 46.9 Å². The van der Waals surface area contributed by atoms with Crippen LogP contribution in [0.15, 0.2) is 315 Å². The maximum Gasteiger partial charge on any atom is 0.128 e. The zero-order chi connectivity index (χ0) is 79.2. The number of ether oxygens (including phenoxy) is 4. The number of hydrogen-bond acceptors (Lipinski definition) is 12. The van der Waals surface area contributed by atoms with Gasteiger partial charge < -0.3 is 60.6 Å². The van der Waals surface area contributed by atoms with Crippen molar-refractivity contribution in [2.75, 3.05) is 26.4 Å². The molecule has 12 heteroatoms. The van der Waals surface area contributed by atoms with Crippen LogP contribution < -0.4 is 40.2 Å². The summed E-state index contributed by atoms with van der Waals surface area (Å²) in [6, 6.07) is 106. The Morgan fingerprint density at radius 1 is 0.233 bits per heavy atom. The van der Waals surface area contributed by atoms with E-state index < -0.39 is 24.2 Å². The largest absolute Gasteiger partial charge is 0.507 e. The highest BCUT2D eigenvalue weighted by Gasteiger charge is 2.32. The molecule has 0 saturated carbocycles. The third-order valence-electron chi connectivity index (χ3n) is 22.6. The molecule has 16 aromatic carbocycles. The van der Waals surface area contributed by atoms with Crippen LogP contribution in [0, 0.1) is 0 Å². The summed E-state index contributed by atoms with van der Waals surface area (Å²) in [6.07, 6.45) is 0. The van der Waals surface area contributed by atoms with E-state index in [0.29, 0.717) is 70.9 Å². The van der Waals surface area contributed by atoms with Crippen LogP contribution in [0.2, 0.25) is 0 Å². The lowest BCUT2D eigenvalue weighted by molar-refractivity contribution is 0.340. The van der Waals surface area contributed by atoms with Crippen LogP contribution in [0.4, 0.5) is 0 Å². The van der Waals surface area contributed by atoms with Gasteiger partial charge in [0.15, 0.2) is 0 Å². The van der Waals surface area contributed by atoms with E-state index in [9.17, 15) is 20.4 Å². The molecule has 0 spiro atoms. The van der Waals surface area contributed by atoms with Crippen molar-refractivity contribution in [2.45, 2.75) is 78.0 Å². The molecule has 116 heavy (non-hydrogen) atoms. The second kappa shape index (κ2) is 33.9. The molecule has 1 aliphatic heterocycles. The van der Waals surface area contributed by atoms with Crippen LogP contribution >= 0.6 is 0 Å². The number of hydrogen-bond donors (Lipinski definition) is 8. The predicted molar refractivity (Wildman–Crippen MR) is 471 cm³/mol. The molecular weight excluding hydrogens is 1430 g/mol. The first-order chi connectivity index (χ1) is 57.0. The van der Waals surface area contributed by atoms with Gasteiger partial charge >= 0.3 is 0 Å². The van der Waals surface area contributed by atoms with E-state index in [0.717, 1.165) is 133 Å². The minimum Gasteiger partial charge on any atom is -0.507 e. The summed E-state index contributed by atoms with van der Waals surface area (Å²) in [4.78, 5) is 0. The maximum atomic E-state index is 13.9. The average Bonchev–Trinajstić information content (AvgIpc) is 0.738. The molecule has 8 bridgehead atoms. The number of fused-ring (bicyclic) bond motifs is 18. The molecule has 0 radical (unpaired) electrons. The Kier molecular flexibility index (Phi) is 22.0. The summed E-state index contributed by atoms with van der Waals surface area (Å²) >= 11 is 0. The van der Waals surface area contributed by atoms with Crippen molar-refractivity contribution in [3.8, 4) is 113 Å². The van der Waals surface area contributed by atoms with Gasteiger partial charge in [0.2, 0.25) is 0 Å². The van der Waals surface area contributed by atoms with Gasteiger partial charge in [0.05, 0.1) is 50.6 Å². The number of nitrogens with one attached hydrogen (secondary N) is 4. The fourth-order valence-corrected chi connectivity index (χ4v) is 17.0. The molecule has 1 aliphatic rings. The Bertz CT molecular complexity index is 5430. The van der Waals surface area contributed by atoms with Crippen molar-refractivity contribution in [2.24, 2.45) is 0 Å². The van der Waals surface area contributed by atoms with E-state index in [2.05, 4.69) is 215 Å². The number of phenolic OH excluding ortho intramolecular Hbond substituents is 4. The number of rotatable bonds is 16. The standard InChI is InChI=1S/C104H92N4O8/c1-5-113-85-41-29-65(30-42-85)73-37-49-89-77(53-73)57-81-61-105-97(69-21-13-9-14-22-69)98(70-23-15-10-16-24-70)107-63-83-59-79-55-75(67-33-45-87(46-34-67)115-7-3)39-51-91(79)95(103(83)111)96-92-52-40-76(68-35-47-88(48-36-68)116-8-4)56-80(92)60-84(104(96)112)64-108-100(72-27-19-12-20-28-72)99(71-25-17-11-18-26-71)106-62-82-58-78-54-74(66-31-43-86(44-32-66)114-6-2)38-50-90(78)94(102(82)110)93(89)101(81)109/h9-60,97-100,105-112H,5-8,61-64H2,1-4H3/t97-,98-,99-,100-/m1/s1. The van der Waals surface area contributed by atoms with Crippen molar-refractivity contribution in [1.82, 2.24) is 21.3 Å². The summed E-state index contributed by atoms with van der Waals surface area (Å²) in [7, 11) is 0. The molecule has 4 atom stereocenters. The topological polar surface area (TPSA) is 166 Å². The lowest BCUT2D eigenvalue weighted by atomic mass is 9.86. The fourth-order valence-electron chi connectivity index (χ4n) is 17.0. The Labute approximate surface area is 676 Å². The highest BCUT2D eigenvalue weighted by atomic mass is 16.5. The van der Waals surface area contributed by atoms with Crippen molar-refractivity contribution in [1.29, 1.82) is 0 Å². The molecule has 576 valence electrons. The van der Waals surface area contributed by atoms with E-state index in [-0.39, 0.29) is 49.2 Å². The van der Waals surface area contributed by atoms with Gasteiger partial charge in [-0.05, 0) is 235 Å². The normalized spacial score (nSPS) is 15.4. The Balaban J connectivity index is 0.915. The molecule has 0 aromatic heterocycles. The van der Waals surface area contributed by atoms with Gasteiger partial charge in [-0.1, -0.05) is 218 Å². The lowest BCUT2D eigenvalue weighted by Crippen LogP contribution is -2.35. The Morgan fingerprint density at radius 2 is 0.422 bits per heavy atom.